The molecule has 0 N–H and O–H groups in total. The second kappa shape index (κ2) is 32.8. The molecule has 0 bridgehead atoms. The fourth-order valence-electron chi connectivity index (χ4n) is 22.7. The van der Waals surface area contributed by atoms with E-state index in [1.165, 1.54) is 62.2 Å². The molecule has 0 saturated heterocycles. The zero-order valence-electron chi connectivity index (χ0n) is 75.4. The molecule has 8 aromatic heterocycles. The molecular weight excluding hydrogens is 1740 g/mol. The van der Waals surface area contributed by atoms with Gasteiger partial charge in [-0.3, -0.25) is 27.1 Å². The first-order valence-corrected chi connectivity index (χ1v) is 53.3. The van der Waals surface area contributed by atoms with E-state index < -0.39 is 24.2 Å². The Kier molecular flexibility index (Phi) is 19.0. The van der Waals surface area contributed by atoms with E-state index in [2.05, 4.69) is 531 Å². The van der Waals surface area contributed by atoms with Crippen LogP contribution in [-0.4, -0.2) is 81.2 Å². The van der Waals surface area contributed by atoms with E-state index in [1.807, 2.05) is 6.07 Å². The molecule has 0 unspecified atom stereocenters. The van der Waals surface area contributed by atoms with Gasteiger partial charge in [0.2, 0.25) is 11.6 Å². The molecule has 12 nitrogen and oxygen atoms in total. The number of hydrogen-bond donors (Lipinski definition) is 0. The Hall–Kier alpha value is -17.9. The summed E-state index contributed by atoms with van der Waals surface area (Å²) < 4.78 is 13.7. The average molecular weight is 1830 g/mol. The zero-order chi connectivity index (χ0) is 91.7. The van der Waals surface area contributed by atoms with Gasteiger partial charge in [0, 0.05) is 44.8 Å². The first-order chi connectivity index (χ1) is 68.9. The molecule has 27 aromatic rings. The third-order valence-electron chi connectivity index (χ3n) is 28.7. The normalized spacial score (nSPS) is 12.2. The van der Waals surface area contributed by atoms with Crippen LogP contribution in [0.5, 0.6) is 0 Å². The molecule has 652 valence electrons. The number of hydrogen-bond acceptors (Lipinski definition) is 6. The SMILES string of the molecule is c1ccc(-c2nc(-n3c4ccc([Si](c5ccccc5)(c5ccccc5)c5ccccc5)cc4c4cc([Si](c5ccccc5)(c5ccccc5)c5ccc(-c6ccc7c(c6)nc6n(-c8cc(-n9c%10ccccc%10c%10cc([Si](c%11ccccc%11)(c%11ccccc%11)c%11ccccc%11)ccc%109)nc(-c9ccccc9)n8)c8ccccc8n76)cc5)ccc43)cc(-n3c4ccccc4n4c5ccccc5nc34)n2)cc1. The highest BCUT2D eigenvalue weighted by Crippen LogP contribution is 2.40. The third-order valence-corrected chi connectivity index (χ3v) is 43.1. The van der Waals surface area contributed by atoms with Crippen LogP contribution < -0.4 is 62.2 Å². The van der Waals surface area contributed by atoms with E-state index in [0.717, 1.165) is 133 Å². The summed E-state index contributed by atoms with van der Waals surface area (Å²) in [5, 5.41) is 19.9. The van der Waals surface area contributed by atoms with Crippen LogP contribution in [0.15, 0.2) is 510 Å². The van der Waals surface area contributed by atoms with Crippen LogP contribution in [-0.2, 0) is 0 Å². The molecule has 0 atom stereocenters. The van der Waals surface area contributed by atoms with Crippen LogP contribution in [0.4, 0.5) is 0 Å². The largest absolute Gasteiger partial charge is 0.294 e. The number of benzene rings is 19. The van der Waals surface area contributed by atoms with E-state index in [0.29, 0.717) is 23.3 Å². The van der Waals surface area contributed by atoms with Crippen molar-refractivity contribution in [1.82, 2.24) is 57.0 Å². The minimum absolute atomic E-state index is 0.592. The molecule has 0 amide bonds. The van der Waals surface area contributed by atoms with Crippen molar-refractivity contribution in [2.24, 2.45) is 0 Å². The summed E-state index contributed by atoms with van der Waals surface area (Å²) in [7, 11) is -9.45. The maximum absolute atomic E-state index is 5.75. The first kappa shape index (κ1) is 80.8. The van der Waals surface area contributed by atoms with Gasteiger partial charge in [0.1, 0.15) is 23.3 Å². The van der Waals surface area contributed by atoms with E-state index >= 15 is 0 Å². The van der Waals surface area contributed by atoms with Crippen molar-refractivity contribution in [3.05, 3.63) is 510 Å². The van der Waals surface area contributed by atoms with Crippen molar-refractivity contribution in [2.45, 2.75) is 0 Å². The Balaban J connectivity index is 0.634. The van der Waals surface area contributed by atoms with Gasteiger partial charge in [-0.25, -0.2) is 29.9 Å². The topological polar surface area (TPSA) is 106 Å². The molecule has 0 aliphatic carbocycles. The lowest BCUT2D eigenvalue weighted by Crippen LogP contribution is -2.74. The van der Waals surface area contributed by atoms with Gasteiger partial charge in [-0.1, -0.05) is 425 Å². The minimum atomic E-state index is -3.38. The summed E-state index contributed by atoms with van der Waals surface area (Å²) in [6, 6.07) is 188. The van der Waals surface area contributed by atoms with Crippen LogP contribution in [0.2, 0.25) is 0 Å². The monoisotopic (exact) mass is 1820 g/mol. The lowest BCUT2D eigenvalue weighted by molar-refractivity contribution is 0.980. The van der Waals surface area contributed by atoms with Gasteiger partial charge in [0.25, 0.3) is 0 Å². The van der Waals surface area contributed by atoms with Crippen molar-refractivity contribution in [3.63, 3.8) is 0 Å². The Labute approximate surface area is 803 Å². The van der Waals surface area contributed by atoms with Gasteiger partial charge in [-0.15, -0.1) is 0 Å². The fraction of sp³-hybridized carbons (Fsp3) is 0. The van der Waals surface area contributed by atoms with Gasteiger partial charge >= 0.3 is 0 Å². The second-order valence-corrected chi connectivity index (χ2v) is 47.5. The summed E-state index contributed by atoms with van der Waals surface area (Å²) in [5.74, 6) is 5.53. The number of para-hydroxylation sites is 7. The molecule has 0 aliphatic heterocycles. The van der Waals surface area contributed by atoms with Gasteiger partial charge in [-0.2, -0.15) is 0 Å². The maximum atomic E-state index is 5.75. The maximum Gasteiger partial charge on any atom is 0.221 e. The van der Waals surface area contributed by atoms with Gasteiger partial charge < -0.3 is 0 Å². The van der Waals surface area contributed by atoms with E-state index in [1.54, 1.807) is 0 Å². The van der Waals surface area contributed by atoms with Crippen LogP contribution >= 0.6 is 0 Å². The number of rotatable bonds is 19. The van der Waals surface area contributed by atoms with Gasteiger partial charge in [0.05, 0.1) is 66.2 Å². The summed E-state index contributed by atoms with van der Waals surface area (Å²) >= 11 is 0. The molecule has 19 aromatic carbocycles. The number of aromatic nitrogens is 12. The van der Waals surface area contributed by atoms with E-state index in [-0.39, 0.29) is 0 Å². The highest BCUT2D eigenvalue weighted by Gasteiger charge is 2.46. The van der Waals surface area contributed by atoms with Crippen molar-refractivity contribution in [3.8, 4) is 57.2 Å². The smallest absolute Gasteiger partial charge is 0.221 e. The molecule has 8 heterocycles. The van der Waals surface area contributed by atoms with Crippen LogP contribution in [0.3, 0.4) is 0 Å². The number of imidazole rings is 4. The lowest BCUT2D eigenvalue weighted by Gasteiger charge is -2.35. The fourth-order valence-corrected chi connectivity index (χ4v) is 37.0. The van der Waals surface area contributed by atoms with Crippen molar-refractivity contribution >= 4 is 186 Å². The quantitative estimate of drug-likeness (QED) is 0.0590. The van der Waals surface area contributed by atoms with E-state index in [9.17, 15) is 0 Å². The van der Waals surface area contributed by atoms with Crippen LogP contribution in [0, 0.1) is 0 Å². The predicted molar refractivity (Wildman–Crippen MR) is 580 cm³/mol. The molecule has 0 radical (unpaired) electrons. The molecule has 0 spiro atoms. The minimum Gasteiger partial charge on any atom is -0.294 e. The van der Waals surface area contributed by atoms with E-state index in [4.69, 9.17) is 29.9 Å². The lowest BCUT2D eigenvalue weighted by atomic mass is 10.1. The standard InChI is InChI=1S/C124H84N12Si3/c1-11-39-86(40-12-1)121-127-117(131-107-61-33-31-59-101(107)102-80-98(72-76-108(102)131)137(89-43-15-3-16-44-89,90-45-17-4-18-46-90)91-47-19-5-20-48-91)83-120(130-121)136-116-66-38-36-64-114(116)134-112-75-69-88(79-106(112)126-124(134)136)85-67-70-97(71-68-85)139(95-55-27-9-28-56-95,96-57-29-10-30-58-96)100-74-78-110-104(82-100)103-81-99(138(92-49-21-6-22-50-92,93-51-23-7-24-52-93)94-53-25-8-26-54-94)73-77-109(103)132(110)118-84-119(129-122(128-118)87-41-13-2-14-42-87)135-115-65-37-35-63-113(115)133-111-62-34-32-60-105(111)125-123(133)135/h1-84H. The molecule has 0 saturated carbocycles. The highest BCUT2D eigenvalue weighted by molar-refractivity contribution is 7.21. The third kappa shape index (κ3) is 12.6. The van der Waals surface area contributed by atoms with Crippen LogP contribution in [0.25, 0.3) is 156 Å². The van der Waals surface area contributed by atoms with Crippen molar-refractivity contribution < 1.29 is 0 Å². The summed E-state index contributed by atoms with van der Waals surface area (Å²) in [4.78, 5) is 33.7. The highest BCUT2D eigenvalue weighted by atomic mass is 28.3. The first-order valence-electron chi connectivity index (χ1n) is 47.3. The van der Waals surface area contributed by atoms with Gasteiger partial charge in [0.15, 0.2) is 35.9 Å². The summed E-state index contributed by atoms with van der Waals surface area (Å²) in [5.41, 5.74) is 15.8. The molecule has 0 fully saturated rings. The molecule has 15 heteroatoms. The molecule has 0 aliphatic rings. The van der Waals surface area contributed by atoms with Crippen LogP contribution in [0.1, 0.15) is 0 Å². The van der Waals surface area contributed by atoms with Crippen molar-refractivity contribution in [2.75, 3.05) is 0 Å². The Morgan fingerprint density at radius 2 is 0.396 bits per heavy atom. The second-order valence-electron chi connectivity index (χ2n) is 36.0. The number of nitrogens with zero attached hydrogens (tertiary/aromatic N) is 12. The Morgan fingerprint density at radius 3 is 0.763 bits per heavy atom. The average Bonchev–Trinajstić information content (AvgIpc) is 1.62. The number of fused-ring (bicyclic) bond motifs is 16. The van der Waals surface area contributed by atoms with Crippen molar-refractivity contribution in [1.29, 1.82) is 0 Å². The molecular formula is C124H84N12Si3. The zero-order valence-corrected chi connectivity index (χ0v) is 78.4. The summed E-state index contributed by atoms with van der Waals surface area (Å²) in [6.07, 6.45) is 0. The predicted octanol–water partition coefficient (Wildman–Crippen LogP) is 20.1. The molecule has 27 rings (SSSR count). The summed E-state index contributed by atoms with van der Waals surface area (Å²) in [6.45, 7) is 0. The molecule has 139 heavy (non-hydrogen) atoms. The Morgan fingerprint density at radius 1 is 0.144 bits per heavy atom. The van der Waals surface area contributed by atoms with Gasteiger partial charge in [-0.05, 0) is 146 Å². The Bertz CT molecular complexity index is 9190.